The molecule has 5 rings (SSSR count). The Hall–Kier alpha value is -2.64. The molecule has 2 aliphatic carbocycles. The van der Waals surface area contributed by atoms with Crippen molar-refractivity contribution in [2.45, 2.75) is 77.4 Å². The van der Waals surface area contributed by atoms with Crippen molar-refractivity contribution in [2.24, 2.45) is 4.99 Å². The first kappa shape index (κ1) is 26.9. The SMILES string of the molecule is CCOc1cc(/C=N/c2sc3c(c2C(=O)NC2CCCCC2)CCCC3)cc(Br)c1OCc1ccccc1. The third kappa shape index (κ3) is 6.49. The van der Waals surface area contributed by atoms with E-state index >= 15 is 0 Å². The molecule has 2 aromatic carbocycles. The van der Waals surface area contributed by atoms with Crippen LogP contribution in [0.15, 0.2) is 51.9 Å². The molecule has 1 heterocycles. The number of amides is 1. The van der Waals surface area contributed by atoms with E-state index in [1.54, 1.807) is 11.3 Å². The van der Waals surface area contributed by atoms with Crippen molar-refractivity contribution in [3.8, 4) is 11.5 Å². The van der Waals surface area contributed by atoms with Gasteiger partial charge < -0.3 is 14.8 Å². The van der Waals surface area contributed by atoms with E-state index in [4.69, 9.17) is 14.5 Å². The minimum atomic E-state index is 0.0456. The van der Waals surface area contributed by atoms with Crippen LogP contribution in [0.25, 0.3) is 0 Å². The van der Waals surface area contributed by atoms with Gasteiger partial charge in [-0.3, -0.25) is 4.79 Å². The molecule has 0 unspecified atom stereocenters. The van der Waals surface area contributed by atoms with Crippen molar-refractivity contribution in [1.82, 2.24) is 5.32 Å². The topological polar surface area (TPSA) is 59.9 Å². The van der Waals surface area contributed by atoms with Gasteiger partial charge in [-0.2, -0.15) is 0 Å². The van der Waals surface area contributed by atoms with Gasteiger partial charge in [0.25, 0.3) is 5.91 Å². The van der Waals surface area contributed by atoms with Crippen LogP contribution in [0.2, 0.25) is 0 Å². The van der Waals surface area contributed by atoms with E-state index in [2.05, 4.69) is 21.2 Å². The molecule has 0 atom stereocenters. The van der Waals surface area contributed by atoms with Gasteiger partial charge in [-0.15, -0.1) is 11.3 Å². The Bertz CT molecular complexity index is 1280. The van der Waals surface area contributed by atoms with Gasteiger partial charge in [0.2, 0.25) is 0 Å². The van der Waals surface area contributed by atoms with Crippen LogP contribution < -0.4 is 14.8 Å². The number of halogens is 1. The van der Waals surface area contributed by atoms with E-state index < -0.39 is 0 Å². The zero-order valence-corrected chi connectivity index (χ0v) is 24.3. The van der Waals surface area contributed by atoms with Gasteiger partial charge in [-0.25, -0.2) is 4.99 Å². The summed E-state index contributed by atoms with van der Waals surface area (Å²) in [5.74, 6) is 1.39. The second kappa shape index (κ2) is 12.9. The van der Waals surface area contributed by atoms with Crippen molar-refractivity contribution >= 4 is 44.4 Å². The van der Waals surface area contributed by atoms with E-state index in [-0.39, 0.29) is 11.9 Å². The number of thiophene rings is 1. The van der Waals surface area contributed by atoms with Crippen LogP contribution in [-0.2, 0) is 19.4 Å². The van der Waals surface area contributed by atoms with E-state index in [0.717, 1.165) is 58.3 Å². The van der Waals surface area contributed by atoms with Crippen molar-refractivity contribution in [3.63, 3.8) is 0 Å². The molecule has 1 N–H and O–H groups in total. The monoisotopic (exact) mass is 594 g/mol. The zero-order valence-electron chi connectivity index (χ0n) is 21.9. The molecule has 200 valence electrons. The maximum Gasteiger partial charge on any atom is 0.254 e. The fraction of sp³-hybridized carbons (Fsp3) is 0.419. The normalized spacial score (nSPS) is 15.8. The summed E-state index contributed by atoms with van der Waals surface area (Å²) in [6, 6.07) is 14.3. The smallest absolute Gasteiger partial charge is 0.254 e. The van der Waals surface area contributed by atoms with Crippen LogP contribution in [0.1, 0.15) is 83.8 Å². The fourth-order valence-electron chi connectivity index (χ4n) is 5.31. The standard InChI is InChI=1S/C31H35BrN2O3S/c1-2-36-26-18-22(17-25(32)29(26)37-20-21-11-5-3-6-12-21)19-33-31-28(24-15-9-10-16-27(24)38-31)30(35)34-23-13-7-4-8-14-23/h3,5-6,11-12,17-19,23H,2,4,7-10,13-16,20H2,1H3,(H,34,35)/b33-19+. The highest BCUT2D eigenvalue weighted by molar-refractivity contribution is 9.10. The van der Waals surface area contributed by atoms with E-state index in [9.17, 15) is 4.79 Å². The fourth-order valence-corrected chi connectivity index (χ4v) is 7.11. The predicted octanol–water partition coefficient (Wildman–Crippen LogP) is 8.18. The molecule has 0 spiro atoms. The lowest BCUT2D eigenvalue weighted by Crippen LogP contribution is -2.36. The molecule has 0 bridgehead atoms. The maximum absolute atomic E-state index is 13.5. The summed E-state index contributed by atoms with van der Waals surface area (Å²) >= 11 is 5.35. The molecule has 0 radical (unpaired) electrons. The van der Waals surface area contributed by atoms with Gasteiger partial charge in [0, 0.05) is 17.1 Å². The number of nitrogens with zero attached hydrogens (tertiary/aromatic N) is 1. The Morgan fingerprint density at radius 1 is 1.08 bits per heavy atom. The van der Waals surface area contributed by atoms with E-state index in [1.807, 2.05) is 55.6 Å². The predicted molar refractivity (Wildman–Crippen MR) is 159 cm³/mol. The number of hydrogen-bond acceptors (Lipinski definition) is 5. The van der Waals surface area contributed by atoms with Crippen LogP contribution >= 0.6 is 27.3 Å². The van der Waals surface area contributed by atoms with Gasteiger partial charge in [-0.1, -0.05) is 49.6 Å². The van der Waals surface area contributed by atoms with E-state index in [1.165, 1.54) is 36.1 Å². The molecular weight excluding hydrogens is 560 g/mol. The highest BCUT2D eigenvalue weighted by Gasteiger charge is 2.27. The lowest BCUT2D eigenvalue weighted by Gasteiger charge is -2.23. The second-order valence-corrected chi connectivity index (χ2v) is 11.9. The minimum Gasteiger partial charge on any atom is -0.490 e. The highest BCUT2D eigenvalue weighted by atomic mass is 79.9. The minimum absolute atomic E-state index is 0.0456. The molecule has 1 aromatic heterocycles. The molecule has 5 nitrogen and oxygen atoms in total. The Balaban J connectivity index is 1.40. The largest absolute Gasteiger partial charge is 0.490 e. The molecule has 38 heavy (non-hydrogen) atoms. The van der Waals surface area contributed by atoms with Crippen molar-refractivity contribution in [2.75, 3.05) is 6.61 Å². The van der Waals surface area contributed by atoms with Gasteiger partial charge in [0.05, 0.1) is 16.6 Å². The molecule has 1 fully saturated rings. The summed E-state index contributed by atoms with van der Waals surface area (Å²) in [6.45, 7) is 2.94. The number of aryl methyl sites for hydroxylation is 1. The molecule has 2 aliphatic rings. The summed E-state index contributed by atoms with van der Waals surface area (Å²) in [5.41, 5.74) is 3.98. The molecule has 7 heteroatoms. The average Bonchev–Trinajstić information content (AvgIpc) is 3.31. The number of ether oxygens (including phenoxy) is 2. The van der Waals surface area contributed by atoms with Crippen LogP contribution in [0.5, 0.6) is 11.5 Å². The zero-order chi connectivity index (χ0) is 26.3. The first-order valence-corrected chi connectivity index (χ1v) is 15.4. The van der Waals surface area contributed by atoms with Crippen molar-refractivity contribution in [1.29, 1.82) is 0 Å². The Morgan fingerprint density at radius 2 is 1.87 bits per heavy atom. The van der Waals surface area contributed by atoms with Crippen molar-refractivity contribution < 1.29 is 14.3 Å². The third-order valence-electron chi connectivity index (χ3n) is 7.21. The summed E-state index contributed by atoms with van der Waals surface area (Å²) in [5, 5.41) is 4.14. The Morgan fingerprint density at radius 3 is 2.66 bits per heavy atom. The molecular formula is C31H35BrN2O3S. The number of aliphatic imine (C=N–C) groups is 1. The molecule has 1 amide bonds. The molecule has 0 aliphatic heterocycles. The number of carbonyl (C=O) groups excluding carboxylic acids is 1. The quantitative estimate of drug-likeness (QED) is 0.254. The van der Waals surface area contributed by atoms with Crippen LogP contribution in [0, 0.1) is 0 Å². The molecule has 1 saturated carbocycles. The second-order valence-electron chi connectivity index (χ2n) is 9.99. The first-order chi connectivity index (χ1) is 18.6. The van der Waals surface area contributed by atoms with Gasteiger partial charge >= 0.3 is 0 Å². The van der Waals surface area contributed by atoms with Gasteiger partial charge in [-0.05, 0) is 90.2 Å². The number of fused-ring (bicyclic) bond motifs is 1. The van der Waals surface area contributed by atoms with Gasteiger partial charge in [0.15, 0.2) is 11.5 Å². The average molecular weight is 596 g/mol. The summed E-state index contributed by atoms with van der Waals surface area (Å²) in [7, 11) is 0. The van der Waals surface area contributed by atoms with Gasteiger partial charge in [0.1, 0.15) is 11.6 Å². The number of hydrogen-bond donors (Lipinski definition) is 1. The Labute approximate surface area is 237 Å². The maximum atomic E-state index is 13.5. The van der Waals surface area contributed by atoms with E-state index in [0.29, 0.717) is 24.7 Å². The lowest BCUT2D eigenvalue weighted by molar-refractivity contribution is 0.0927. The summed E-state index contributed by atoms with van der Waals surface area (Å²) in [4.78, 5) is 19.7. The lowest BCUT2D eigenvalue weighted by atomic mass is 9.93. The number of benzene rings is 2. The Kier molecular flexibility index (Phi) is 9.18. The van der Waals surface area contributed by atoms with Crippen LogP contribution in [-0.4, -0.2) is 24.8 Å². The molecule has 0 saturated heterocycles. The first-order valence-electron chi connectivity index (χ1n) is 13.7. The number of nitrogens with one attached hydrogen (secondary N) is 1. The van der Waals surface area contributed by atoms with Crippen molar-refractivity contribution in [3.05, 3.63) is 74.1 Å². The summed E-state index contributed by atoms with van der Waals surface area (Å²) in [6.07, 6.45) is 11.9. The highest BCUT2D eigenvalue weighted by Crippen LogP contribution is 2.41. The number of carbonyl (C=O) groups is 1. The molecule has 3 aromatic rings. The summed E-state index contributed by atoms with van der Waals surface area (Å²) < 4.78 is 12.9. The van der Waals surface area contributed by atoms with Crippen LogP contribution in [0.4, 0.5) is 5.00 Å². The van der Waals surface area contributed by atoms with Crippen LogP contribution in [0.3, 0.4) is 0 Å². The third-order valence-corrected chi connectivity index (χ3v) is 9.00. The number of rotatable bonds is 9.